The predicted octanol–water partition coefficient (Wildman–Crippen LogP) is 3.85. The minimum Gasteiger partial charge on any atom is -0.474 e. The Morgan fingerprint density at radius 2 is 2.05 bits per heavy atom. The second kappa shape index (κ2) is 7.49. The molecule has 1 aliphatic carbocycles. The maximum absolute atomic E-state index is 6.07. The van der Waals surface area contributed by atoms with Crippen molar-refractivity contribution in [2.75, 3.05) is 6.54 Å². The van der Waals surface area contributed by atoms with Gasteiger partial charge in [-0.25, -0.2) is 4.98 Å². The van der Waals surface area contributed by atoms with E-state index in [0.29, 0.717) is 12.1 Å². The number of rotatable bonds is 5. The highest BCUT2D eigenvalue weighted by Crippen LogP contribution is 2.23. The molecular formula is C16H26N2O. The Morgan fingerprint density at radius 3 is 2.74 bits per heavy atom. The van der Waals surface area contributed by atoms with Crippen molar-refractivity contribution in [3.8, 4) is 5.88 Å². The van der Waals surface area contributed by atoms with Crippen molar-refractivity contribution >= 4 is 0 Å². The molecule has 0 aromatic carbocycles. The number of aromatic nitrogens is 1. The van der Waals surface area contributed by atoms with Crippen LogP contribution in [0.3, 0.4) is 0 Å². The van der Waals surface area contributed by atoms with E-state index in [1.54, 1.807) is 0 Å². The highest BCUT2D eigenvalue weighted by Gasteiger charge is 2.15. The molecule has 106 valence electrons. The second-order valence-corrected chi connectivity index (χ2v) is 5.44. The van der Waals surface area contributed by atoms with Gasteiger partial charge < -0.3 is 10.1 Å². The predicted molar refractivity (Wildman–Crippen MR) is 78.4 cm³/mol. The summed E-state index contributed by atoms with van der Waals surface area (Å²) in [4.78, 5) is 4.36. The summed E-state index contributed by atoms with van der Waals surface area (Å²) in [7, 11) is 0. The Hall–Kier alpha value is -1.09. The first-order valence-electron chi connectivity index (χ1n) is 7.65. The van der Waals surface area contributed by atoms with E-state index in [-0.39, 0.29) is 0 Å². The van der Waals surface area contributed by atoms with Crippen molar-refractivity contribution in [3.63, 3.8) is 0 Å². The second-order valence-electron chi connectivity index (χ2n) is 5.44. The van der Waals surface area contributed by atoms with E-state index < -0.39 is 0 Å². The third-order valence-corrected chi connectivity index (χ3v) is 3.86. The van der Waals surface area contributed by atoms with E-state index in [4.69, 9.17) is 4.74 Å². The molecule has 1 aliphatic rings. The number of nitrogens with zero attached hydrogens (tertiary/aromatic N) is 1. The monoisotopic (exact) mass is 262 g/mol. The molecule has 0 spiro atoms. The summed E-state index contributed by atoms with van der Waals surface area (Å²) in [6, 6.07) is 4.50. The Kier molecular flexibility index (Phi) is 5.64. The zero-order valence-corrected chi connectivity index (χ0v) is 12.2. The van der Waals surface area contributed by atoms with Crippen molar-refractivity contribution in [1.82, 2.24) is 10.3 Å². The molecule has 1 fully saturated rings. The molecule has 0 bridgehead atoms. The van der Waals surface area contributed by atoms with Crippen LogP contribution in [0.4, 0.5) is 0 Å². The molecule has 0 aliphatic heterocycles. The quantitative estimate of drug-likeness (QED) is 0.818. The van der Waals surface area contributed by atoms with Gasteiger partial charge in [-0.05, 0) is 50.8 Å². The van der Waals surface area contributed by atoms with Crippen molar-refractivity contribution in [1.29, 1.82) is 0 Å². The largest absolute Gasteiger partial charge is 0.474 e. The fourth-order valence-corrected chi connectivity index (χ4v) is 2.71. The highest BCUT2D eigenvalue weighted by molar-refractivity contribution is 5.23. The minimum absolute atomic E-state index is 0.351. The van der Waals surface area contributed by atoms with Crippen molar-refractivity contribution in [2.24, 2.45) is 0 Å². The first-order chi connectivity index (χ1) is 9.29. The van der Waals surface area contributed by atoms with Gasteiger partial charge in [-0.1, -0.05) is 19.8 Å². The first-order valence-corrected chi connectivity index (χ1v) is 7.65. The summed E-state index contributed by atoms with van der Waals surface area (Å²) in [6.45, 7) is 5.27. The molecule has 3 heteroatoms. The minimum atomic E-state index is 0.351. The van der Waals surface area contributed by atoms with Crippen LogP contribution in [-0.4, -0.2) is 17.6 Å². The van der Waals surface area contributed by atoms with Gasteiger partial charge >= 0.3 is 0 Å². The molecule has 0 amide bonds. The average Bonchev–Trinajstić information content (AvgIpc) is 2.68. The fraction of sp³-hybridized carbons (Fsp3) is 0.688. The molecule has 2 rings (SSSR count). The van der Waals surface area contributed by atoms with Crippen LogP contribution in [0.25, 0.3) is 0 Å². The number of hydrogen-bond acceptors (Lipinski definition) is 3. The third-order valence-electron chi connectivity index (χ3n) is 3.86. The molecule has 19 heavy (non-hydrogen) atoms. The molecule has 3 nitrogen and oxygen atoms in total. The molecule has 0 radical (unpaired) electrons. The third kappa shape index (κ3) is 4.50. The highest BCUT2D eigenvalue weighted by atomic mass is 16.5. The molecule has 1 unspecified atom stereocenters. The lowest BCUT2D eigenvalue weighted by molar-refractivity contribution is 0.176. The van der Waals surface area contributed by atoms with E-state index >= 15 is 0 Å². The van der Waals surface area contributed by atoms with Crippen LogP contribution in [0.1, 0.15) is 64.0 Å². The summed E-state index contributed by atoms with van der Waals surface area (Å²) in [6.07, 6.45) is 9.85. The van der Waals surface area contributed by atoms with Crippen molar-refractivity contribution < 1.29 is 4.74 Å². The SMILES string of the molecule is CCNC(C)c1ccnc(OC2CCCCCC2)c1. The van der Waals surface area contributed by atoms with Gasteiger partial charge in [0, 0.05) is 18.3 Å². The van der Waals surface area contributed by atoms with Gasteiger partial charge in [0.25, 0.3) is 0 Å². The molecule has 1 aromatic heterocycles. The molecule has 1 saturated carbocycles. The van der Waals surface area contributed by atoms with Crippen LogP contribution in [0, 0.1) is 0 Å². The van der Waals surface area contributed by atoms with E-state index in [1.165, 1.54) is 44.1 Å². The summed E-state index contributed by atoms with van der Waals surface area (Å²) in [5.74, 6) is 0.786. The maximum Gasteiger partial charge on any atom is 0.213 e. The van der Waals surface area contributed by atoms with Gasteiger partial charge in [-0.15, -0.1) is 0 Å². The summed E-state index contributed by atoms with van der Waals surface area (Å²) in [5.41, 5.74) is 1.25. The van der Waals surface area contributed by atoms with Gasteiger partial charge in [0.1, 0.15) is 6.10 Å². The van der Waals surface area contributed by atoms with E-state index in [2.05, 4.69) is 36.3 Å². The standard InChI is InChI=1S/C16H26N2O/c1-3-17-13(2)14-10-11-18-16(12-14)19-15-8-6-4-5-7-9-15/h10-13,15,17H,3-9H2,1-2H3. The molecule has 1 heterocycles. The fourth-order valence-electron chi connectivity index (χ4n) is 2.71. The van der Waals surface area contributed by atoms with E-state index in [9.17, 15) is 0 Å². The number of ether oxygens (including phenoxy) is 1. The van der Waals surface area contributed by atoms with E-state index in [0.717, 1.165) is 12.4 Å². The van der Waals surface area contributed by atoms with Crippen LogP contribution >= 0.6 is 0 Å². The Morgan fingerprint density at radius 1 is 1.32 bits per heavy atom. The van der Waals surface area contributed by atoms with Gasteiger partial charge in [0.2, 0.25) is 5.88 Å². The van der Waals surface area contributed by atoms with Gasteiger partial charge in [0.05, 0.1) is 0 Å². The first kappa shape index (κ1) is 14.3. The number of nitrogens with one attached hydrogen (secondary N) is 1. The Balaban J connectivity index is 1.97. The van der Waals surface area contributed by atoms with Crippen LogP contribution < -0.4 is 10.1 Å². The summed E-state index contributed by atoms with van der Waals surface area (Å²) >= 11 is 0. The topological polar surface area (TPSA) is 34.2 Å². The van der Waals surface area contributed by atoms with Gasteiger partial charge in [-0.2, -0.15) is 0 Å². The Labute approximate surface area is 116 Å². The summed E-state index contributed by atoms with van der Waals surface area (Å²) in [5, 5.41) is 3.42. The smallest absolute Gasteiger partial charge is 0.213 e. The maximum atomic E-state index is 6.07. The molecular weight excluding hydrogens is 236 g/mol. The van der Waals surface area contributed by atoms with Crippen LogP contribution in [0.2, 0.25) is 0 Å². The number of pyridine rings is 1. The average molecular weight is 262 g/mol. The van der Waals surface area contributed by atoms with Crippen LogP contribution in [0.15, 0.2) is 18.3 Å². The Bertz CT molecular complexity index is 373. The molecule has 1 atom stereocenters. The van der Waals surface area contributed by atoms with Crippen LogP contribution in [-0.2, 0) is 0 Å². The van der Waals surface area contributed by atoms with Crippen molar-refractivity contribution in [3.05, 3.63) is 23.9 Å². The molecule has 1 N–H and O–H groups in total. The van der Waals surface area contributed by atoms with Gasteiger partial charge in [-0.3, -0.25) is 0 Å². The van der Waals surface area contributed by atoms with Gasteiger partial charge in [0.15, 0.2) is 0 Å². The number of hydrogen-bond donors (Lipinski definition) is 1. The zero-order valence-electron chi connectivity index (χ0n) is 12.2. The lowest BCUT2D eigenvalue weighted by Crippen LogP contribution is -2.19. The van der Waals surface area contributed by atoms with Crippen LogP contribution in [0.5, 0.6) is 5.88 Å². The normalized spacial score (nSPS) is 18.8. The molecule has 1 aromatic rings. The summed E-state index contributed by atoms with van der Waals surface area (Å²) < 4.78 is 6.07. The zero-order chi connectivity index (χ0) is 13.5. The lowest BCUT2D eigenvalue weighted by atomic mass is 10.1. The molecule has 0 saturated heterocycles. The van der Waals surface area contributed by atoms with E-state index in [1.807, 2.05) is 6.20 Å². The van der Waals surface area contributed by atoms with Crippen molar-refractivity contribution in [2.45, 2.75) is 64.5 Å². The lowest BCUT2D eigenvalue weighted by Gasteiger charge is -2.18.